The highest BCUT2D eigenvalue weighted by Crippen LogP contribution is 2.15. The van der Waals surface area contributed by atoms with Crippen molar-refractivity contribution in [1.29, 1.82) is 0 Å². The zero-order valence-electron chi connectivity index (χ0n) is 11.6. The molecular formula is C13H26N4. The van der Waals surface area contributed by atoms with Crippen molar-refractivity contribution in [2.45, 2.75) is 39.8 Å². The van der Waals surface area contributed by atoms with Gasteiger partial charge in [-0.15, -0.1) is 0 Å². The van der Waals surface area contributed by atoms with Gasteiger partial charge in [0.15, 0.2) is 0 Å². The third kappa shape index (κ3) is 3.82. The average Bonchev–Trinajstić information content (AvgIpc) is 2.83. The highest BCUT2D eigenvalue weighted by molar-refractivity contribution is 4.99. The first-order valence-corrected chi connectivity index (χ1v) is 6.67. The van der Waals surface area contributed by atoms with Crippen molar-refractivity contribution in [2.75, 3.05) is 26.7 Å². The molecule has 0 aliphatic carbocycles. The largest absolute Gasteiger partial charge is 0.334 e. The van der Waals surface area contributed by atoms with Gasteiger partial charge in [0, 0.05) is 25.5 Å². The summed E-state index contributed by atoms with van der Waals surface area (Å²) in [6, 6.07) is 0.352. The lowest BCUT2D eigenvalue weighted by atomic mass is 10.2. The van der Waals surface area contributed by atoms with Crippen LogP contribution in [0.15, 0.2) is 12.4 Å². The molecule has 0 bridgehead atoms. The topological polar surface area (TPSA) is 33.1 Å². The summed E-state index contributed by atoms with van der Waals surface area (Å²) in [6.45, 7) is 10.9. The van der Waals surface area contributed by atoms with Crippen LogP contribution in [0.1, 0.15) is 39.1 Å². The molecule has 0 radical (unpaired) electrons. The maximum Gasteiger partial charge on any atom is 0.125 e. The third-order valence-electron chi connectivity index (χ3n) is 3.38. The highest BCUT2D eigenvalue weighted by Gasteiger charge is 2.15. The molecule has 1 N–H and O–H groups in total. The number of imidazole rings is 1. The van der Waals surface area contributed by atoms with E-state index in [2.05, 4.69) is 46.7 Å². The maximum atomic E-state index is 4.47. The Morgan fingerprint density at radius 2 is 2.06 bits per heavy atom. The number of hydrogen-bond donors (Lipinski definition) is 1. The van der Waals surface area contributed by atoms with Crippen molar-refractivity contribution >= 4 is 0 Å². The normalized spacial score (nSPS) is 13.2. The molecule has 1 heterocycles. The van der Waals surface area contributed by atoms with Gasteiger partial charge in [-0.1, -0.05) is 13.8 Å². The van der Waals surface area contributed by atoms with Crippen LogP contribution in [0.3, 0.4) is 0 Å². The molecule has 98 valence electrons. The van der Waals surface area contributed by atoms with Crippen LogP contribution in [-0.2, 0) is 6.54 Å². The number of aryl methyl sites for hydroxylation is 1. The Hall–Kier alpha value is -0.870. The van der Waals surface area contributed by atoms with Gasteiger partial charge in [0.2, 0.25) is 0 Å². The van der Waals surface area contributed by atoms with E-state index in [4.69, 9.17) is 0 Å². The molecule has 1 aromatic heterocycles. The van der Waals surface area contributed by atoms with Gasteiger partial charge < -0.3 is 14.8 Å². The van der Waals surface area contributed by atoms with Gasteiger partial charge in [-0.2, -0.15) is 0 Å². The predicted molar refractivity (Wildman–Crippen MR) is 72.1 cm³/mol. The van der Waals surface area contributed by atoms with Crippen LogP contribution in [0, 0.1) is 0 Å². The van der Waals surface area contributed by atoms with E-state index in [1.54, 1.807) is 0 Å². The molecule has 4 heteroatoms. The van der Waals surface area contributed by atoms with E-state index in [1.807, 2.05) is 13.2 Å². The molecule has 1 unspecified atom stereocenters. The number of rotatable bonds is 8. The summed E-state index contributed by atoms with van der Waals surface area (Å²) in [5, 5.41) is 3.37. The van der Waals surface area contributed by atoms with Crippen LogP contribution >= 0.6 is 0 Å². The highest BCUT2D eigenvalue weighted by atomic mass is 15.1. The Labute approximate surface area is 105 Å². The van der Waals surface area contributed by atoms with Gasteiger partial charge in [-0.05, 0) is 33.5 Å². The zero-order valence-corrected chi connectivity index (χ0v) is 11.6. The van der Waals surface area contributed by atoms with Gasteiger partial charge >= 0.3 is 0 Å². The molecule has 1 atom stereocenters. The molecule has 1 rings (SSSR count). The first kappa shape index (κ1) is 14.2. The van der Waals surface area contributed by atoms with Crippen molar-refractivity contribution in [3.05, 3.63) is 18.2 Å². The van der Waals surface area contributed by atoms with Gasteiger partial charge in [-0.25, -0.2) is 4.98 Å². The number of nitrogens with zero attached hydrogens (tertiary/aromatic N) is 3. The minimum Gasteiger partial charge on any atom is -0.334 e. The lowest BCUT2D eigenvalue weighted by molar-refractivity contribution is 0.281. The van der Waals surface area contributed by atoms with Crippen LogP contribution in [0.25, 0.3) is 0 Å². The fourth-order valence-corrected chi connectivity index (χ4v) is 2.15. The second kappa shape index (κ2) is 7.45. The van der Waals surface area contributed by atoms with Crippen LogP contribution in [0.2, 0.25) is 0 Å². The number of nitrogens with one attached hydrogen (secondary N) is 1. The first-order chi connectivity index (χ1) is 8.26. The lowest BCUT2D eigenvalue weighted by Crippen LogP contribution is -2.29. The van der Waals surface area contributed by atoms with Crippen LogP contribution in [0.5, 0.6) is 0 Å². The van der Waals surface area contributed by atoms with Gasteiger partial charge in [0.25, 0.3) is 0 Å². The SMILES string of the molecule is CCN(CC)CCC(NC)c1nccn1CC. The van der Waals surface area contributed by atoms with Crippen molar-refractivity contribution in [1.82, 2.24) is 19.8 Å². The van der Waals surface area contributed by atoms with Gasteiger partial charge in [-0.3, -0.25) is 0 Å². The summed E-state index contributed by atoms with van der Waals surface area (Å²) < 4.78 is 2.21. The van der Waals surface area contributed by atoms with Crippen molar-refractivity contribution in [3.63, 3.8) is 0 Å². The molecule has 17 heavy (non-hydrogen) atoms. The Morgan fingerprint density at radius 1 is 1.35 bits per heavy atom. The maximum absolute atomic E-state index is 4.47. The third-order valence-corrected chi connectivity index (χ3v) is 3.38. The number of aromatic nitrogens is 2. The molecule has 0 aromatic carbocycles. The second-order valence-corrected chi connectivity index (χ2v) is 4.23. The van der Waals surface area contributed by atoms with E-state index in [-0.39, 0.29) is 0 Å². The van der Waals surface area contributed by atoms with Crippen molar-refractivity contribution < 1.29 is 0 Å². The van der Waals surface area contributed by atoms with Crippen LogP contribution in [0.4, 0.5) is 0 Å². The molecule has 0 saturated heterocycles. The average molecular weight is 238 g/mol. The van der Waals surface area contributed by atoms with Crippen LogP contribution in [-0.4, -0.2) is 41.1 Å². The number of hydrogen-bond acceptors (Lipinski definition) is 3. The Bertz CT molecular complexity index is 304. The molecule has 1 aromatic rings. The molecular weight excluding hydrogens is 212 g/mol. The summed E-state index contributed by atoms with van der Waals surface area (Å²) in [5.41, 5.74) is 0. The predicted octanol–water partition coefficient (Wildman–Crippen LogP) is 1.90. The quantitative estimate of drug-likeness (QED) is 0.751. The molecule has 0 fully saturated rings. The minimum atomic E-state index is 0.352. The Morgan fingerprint density at radius 3 is 2.59 bits per heavy atom. The van der Waals surface area contributed by atoms with E-state index in [0.717, 1.165) is 38.4 Å². The summed E-state index contributed by atoms with van der Waals surface area (Å²) in [4.78, 5) is 6.92. The molecule has 0 spiro atoms. The molecule has 0 saturated carbocycles. The van der Waals surface area contributed by atoms with E-state index < -0.39 is 0 Å². The Kier molecular flexibility index (Phi) is 6.22. The molecule has 0 aliphatic rings. The fourth-order valence-electron chi connectivity index (χ4n) is 2.15. The summed E-state index contributed by atoms with van der Waals surface area (Å²) in [6.07, 6.45) is 5.05. The monoisotopic (exact) mass is 238 g/mol. The lowest BCUT2D eigenvalue weighted by Gasteiger charge is -2.22. The molecule has 4 nitrogen and oxygen atoms in total. The first-order valence-electron chi connectivity index (χ1n) is 6.67. The van der Waals surface area contributed by atoms with E-state index in [0.29, 0.717) is 6.04 Å². The summed E-state index contributed by atoms with van der Waals surface area (Å²) >= 11 is 0. The second-order valence-electron chi connectivity index (χ2n) is 4.23. The Balaban J connectivity index is 2.59. The van der Waals surface area contributed by atoms with Gasteiger partial charge in [0.05, 0.1) is 6.04 Å². The molecule has 0 aliphatic heterocycles. The smallest absolute Gasteiger partial charge is 0.125 e. The minimum absolute atomic E-state index is 0.352. The summed E-state index contributed by atoms with van der Waals surface area (Å²) in [5.74, 6) is 1.15. The van der Waals surface area contributed by atoms with E-state index in [1.165, 1.54) is 0 Å². The van der Waals surface area contributed by atoms with Crippen molar-refractivity contribution in [3.8, 4) is 0 Å². The van der Waals surface area contributed by atoms with Crippen LogP contribution < -0.4 is 5.32 Å². The zero-order chi connectivity index (χ0) is 12.7. The standard InChI is InChI=1S/C13H26N4/c1-5-16(6-2)10-8-12(14-4)13-15-9-11-17(13)7-3/h9,11-12,14H,5-8,10H2,1-4H3. The molecule has 0 amide bonds. The van der Waals surface area contributed by atoms with Crippen molar-refractivity contribution in [2.24, 2.45) is 0 Å². The van der Waals surface area contributed by atoms with E-state index >= 15 is 0 Å². The van der Waals surface area contributed by atoms with Gasteiger partial charge in [0.1, 0.15) is 5.82 Å². The fraction of sp³-hybridized carbons (Fsp3) is 0.769. The van der Waals surface area contributed by atoms with E-state index in [9.17, 15) is 0 Å². The summed E-state index contributed by atoms with van der Waals surface area (Å²) in [7, 11) is 2.02.